The number of hydrogen-bond acceptors (Lipinski definition) is 3. The first-order valence-electron chi connectivity index (χ1n) is 7.47. The number of carbonyl (C=O) groups is 2. The van der Waals surface area contributed by atoms with Gasteiger partial charge in [0.25, 0.3) is 0 Å². The molecule has 1 aromatic carbocycles. The fraction of sp³-hybridized carbons (Fsp3) is 0.412. The fourth-order valence-electron chi connectivity index (χ4n) is 4.13. The van der Waals surface area contributed by atoms with Crippen molar-refractivity contribution in [2.75, 3.05) is 0 Å². The van der Waals surface area contributed by atoms with E-state index in [9.17, 15) is 9.59 Å². The number of nitrogens with zero attached hydrogens (tertiary/aromatic N) is 1. The number of carbonyl (C=O) groups excluding carboxylic acids is 2. The summed E-state index contributed by atoms with van der Waals surface area (Å²) in [5.41, 5.74) is 6.75. The van der Waals surface area contributed by atoms with Crippen molar-refractivity contribution in [3.05, 3.63) is 48.0 Å². The van der Waals surface area contributed by atoms with Crippen LogP contribution in [0.2, 0.25) is 0 Å². The molecule has 4 aliphatic rings. The zero-order valence-corrected chi connectivity index (χ0v) is 11.7. The van der Waals surface area contributed by atoms with Crippen molar-refractivity contribution in [3.63, 3.8) is 0 Å². The average molecular weight is 282 g/mol. The van der Waals surface area contributed by atoms with Gasteiger partial charge in [-0.1, -0.05) is 42.5 Å². The molecule has 21 heavy (non-hydrogen) atoms. The summed E-state index contributed by atoms with van der Waals surface area (Å²) in [4.78, 5) is 26.9. The molecule has 2 bridgehead atoms. The molecular formula is C17H18N2O2. The molecule has 0 spiro atoms. The molecule has 4 nitrogen and oxygen atoms in total. The SMILES string of the molecule is NC12C=CC(CC1)C1C(=O)N(Cc3ccccc3)C(=O)C12. The first kappa shape index (κ1) is 12.8. The summed E-state index contributed by atoms with van der Waals surface area (Å²) in [6.45, 7) is 0.355. The quantitative estimate of drug-likeness (QED) is 0.660. The lowest BCUT2D eigenvalue weighted by molar-refractivity contribution is -0.140. The first-order valence-corrected chi connectivity index (χ1v) is 7.47. The van der Waals surface area contributed by atoms with Crippen LogP contribution >= 0.6 is 0 Å². The third-order valence-corrected chi connectivity index (χ3v) is 5.23. The van der Waals surface area contributed by atoms with E-state index in [2.05, 4.69) is 0 Å². The fourth-order valence-corrected chi connectivity index (χ4v) is 4.13. The number of allylic oxidation sites excluding steroid dienone is 1. The summed E-state index contributed by atoms with van der Waals surface area (Å²) in [5.74, 6) is -0.566. The molecule has 1 aliphatic heterocycles. The molecule has 2 N–H and O–H groups in total. The second kappa shape index (κ2) is 4.28. The number of hydrogen-bond donors (Lipinski definition) is 1. The topological polar surface area (TPSA) is 63.4 Å². The van der Waals surface area contributed by atoms with Gasteiger partial charge in [0.15, 0.2) is 0 Å². The minimum Gasteiger partial charge on any atom is -0.321 e. The van der Waals surface area contributed by atoms with Gasteiger partial charge in [0.2, 0.25) is 11.8 Å². The highest BCUT2D eigenvalue weighted by atomic mass is 16.2. The van der Waals surface area contributed by atoms with Crippen molar-refractivity contribution in [2.24, 2.45) is 23.5 Å². The molecule has 2 fully saturated rings. The maximum Gasteiger partial charge on any atom is 0.235 e. The Morgan fingerprint density at radius 1 is 1.19 bits per heavy atom. The highest BCUT2D eigenvalue weighted by molar-refractivity contribution is 6.06. The summed E-state index contributed by atoms with van der Waals surface area (Å²) >= 11 is 0. The van der Waals surface area contributed by atoms with Crippen LogP contribution in [0.4, 0.5) is 0 Å². The van der Waals surface area contributed by atoms with E-state index in [1.165, 1.54) is 4.90 Å². The Morgan fingerprint density at radius 3 is 2.57 bits per heavy atom. The smallest absolute Gasteiger partial charge is 0.235 e. The predicted molar refractivity (Wildman–Crippen MR) is 77.8 cm³/mol. The number of amides is 2. The number of imide groups is 1. The van der Waals surface area contributed by atoms with E-state index in [-0.39, 0.29) is 29.6 Å². The first-order chi connectivity index (χ1) is 10.1. The minimum atomic E-state index is -0.627. The van der Waals surface area contributed by atoms with Gasteiger partial charge >= 0.3 is 0 Å². The molecule has 2 amide bonds. The summed E-state index contributed by atoms with van der Waals surface area (Å²) in [6, 6.07) is 9.64. The van der Waals surface area contributed by atoms with Gasteiger partial charge in [-0.25, -0.2) is 0 Å². The molecule has 4 unspecified atom stereocenters. The molecule has 1 saturated heterocycles. The molecule has 0 aromatic heterocycles. The number of benzene rings is 1. The highest BCUT2D eigenvalue weighted by Gasteiger charge is 2.61. The van der Waals surface area contributed by atoms with Crippen LogP contribution in [-0.4, -0.2) is 22.3 Å². The van der Waals surface area contributed by atoms with Crippen LogP contribution in [0.25, 0.3) is 0 Å². The predicted octanol–water partition coefficient (Wildman–Crippen LogP) is 1.47. The molecule has 1 heterocycles. The third-order valence-electron chi connectivity index (χ3n) is 5.23. The lowest BCUT2D eigenvalue weighted by atomic mass is 9.59. The van der Waals surface area contributed by atoms with Crippen LogP contribution in [-0.2, 0) is 16.1 Å². The van der Waals surface area contributed by atoms with Gasteiger partial charge in [-0.05, 0) is 24.3 Å². The molecule has 1 aromatic rings. The van der Waals surface area contributed by atoms with Crippen LogP contribution in [0.15, 0.2) is 42.5 Å². The van der Waals surface area contributed by atoms with E-state index in [0.717, 1.165) is 18.4 Å². The number of nitrogens with two attached hydrogens (primary N) is 1. The van der Waals surface area contributed by atoms with E-state index in [1.807, 2.05) is 42.5 Å². The molecule has 1 saturated carbocycles. The number of rotatable bonds is 2. The zero-order valence-electron chi connectivity index (χ0n) is 11.7. The number of fused-ring (bicyclic) bond motifs is 1. The molecule has 5 rings (SSSR count). The standard InChI is InChI=1S/C17H18N2O2/c18-17-8-6-12(7-9-17)13-14(17)16(21)19(15(13)20)10-11-4-2-1-3-5-11/h1-6,8,12-14H,7,9-10,18H2. The van der Waals surface area contributed by atoms with E-state index in [0.29, 0.717) is 6.54 Å². The van der Waals surface area contributed by atoms with Crippen molar-refractivity contribution < 1.29 is 9.59 Å². The lowest BCUT2D eigenvalue weighted by Gasteiger charge is -2.45. The molecular weight excluding hydrogens is 264 g/mol. The Balaban J connectivity index is 1.68. The molecule has 4 atom stereocenters. The van der Waals surface area contributed by atoms with Gasteiger partial charge in [-0.2, -0.15) is 0 Å². The Kier molecular flexibility index (Phi) is 2.60. The maximum absolute atomic E-state index is 12.7. The Hall–Kier alpha value is -1.94. The second-order valence-electron chi connectivity index (χ2n) is 6.43. The average Bonchev–Trinajstić information content (AvgIpc) is 2.76. The van der Waals surface area contributed by atoms with Crippen LogP contribution < -0.4 is 5.73 Å². The molecule has 3 aliphatic carbocycles. The third kappa shape index (κ3) is 1.72. The van der Waals surface area contributed by atoms with E-state index >= 15 is 0 Å². The van der Waals surface area contributed by atoms with Gasteiger partial charge in [-0.3, -0.25) is 14.5 Å². The van der Waals surface area contributed by atoms with Crippen LogP contribution in [0.3, 0.4) is 0 Å². The molecule has 4 heteroatoms. The molecule has 108 valence electrons. The Morgan fingerprint density at radius 2 is 1.95 bits per heavy atom. The second-order valence-corrected chi connectivity index (χ2v) is 6.43. The van der Waals surface area contributed by atoms with E-state index in [1.54, 1.807) is 0 Å². The van der Waals surface area contributed by atoms with E-state index < -0.39 is 5.54 Å². The van der Waals surface area contributed by atoms with Gasteiger partial charge in [-0.15, -0.1) is 0 Å². The summed E-state index contributed by atoms with van der Waals surface area (Å²) < 4.78 is 0. The van der Waals surface area contributed by atoms with Crippen LogP contribution in [0.1, 0.15) is 18.4 Å². The van der Waals surface area contributed by atoms with Crippen molar-refractivity contribution in [3.8, 4) is 0 Å². The summed E-state index contributed by atoms with van der Waals surface area (Å²) in [7, 11) is 0. The summed E-state index contributed by atoms with van der Waals surface area (Å²) in [6.07, 6.45) is 5.71. The van der Waals surface area contributed by atoms with Crippen molar-refractivity contribution in [2.45, 2.75) is 24.9 Å². The van der Waals surface area contributed by atoms with Crippen molar-refractivity contribution >= 4 is 11.8 Å². The van der Waals surface area contributed by atoms with Gasteiger partial charge in [0.1, 0.15) is 0 Å². The zero-order chi connectivity index (χ0) is 14.6. The Bertz CT molecular complexity index is 639. The highest BCUT2D eigenvalue weighted by Crippen LogP contribution is 2.50. The van der Waals surface area contributed by atoms with Gasteiger partial charge in [0.05, 0.1) is 18.4 Å². The monoisotopic (exact) mass is 282 g/mol. The van der Waals surface area contributed by atoms with Gasteiger partial charge in [0, 0.05) is 5.54 Å². The van der Waals surface area contributed by atoms with Crippen LogP contribution in [0.5, 0.6) is 0 Å². The Labute approximate surface area is 123 Å². The van der Waals surface area contributed by atoms with Crippen molar-refractivity contribution in [1.82, 2.24) is 4.90 Å². The number of likely N-dealkylation sites (tertiary alicyclic amines) is 1. The van der Waals surface area contributed by atoms with Crippen LogP contribution in [0, 0.1) is 17.8 Å². The van der Waals surface area contributed by atoms with Crippen molar-refractivity contribution in [1.29, 1.82) is 0 Å². The normalized spacial score (nSPS) is 37.2. The largest absolute Gasteiger partial charge is 0.321 e. The summed E-state index contributed by atoms with van der Waals surface area (Å²) in [5, 5.41) is 0. The molecule has 0 radical (unpaired) electrons. The maximum atomic E-state index is 12.7. The van der Waals surface area contributed by atoms with Gasteiger partial charge < -0.3 is 5.73 Å². The lowest BCUT2D eigenvalue weighted by Crippen LogP contribution is -2.57. The van der Waals surface area contributed by atoms with E-state index in [4.69, 9.17) is 5.73 Å². The minimum absolute atomic E-state index is 0.0438.